The number of nitrogens with one attached hydrogen (secondary N) is 1. The van der Waals surface area contributed by atoms with Crippen molar-refractivity contribution in [2.24, 2.45) is 4.99 Å². The van der Waals surface area contributed by atoms with Crippen LogP contribution in [0.2, 0.25) is 5.02 Å². The first-order chi connectivity index (χ1) is 15.4. The third-order valence-electron chi connectivity index (χ3n) is 5.11. The lowest BCUT2D eigenvalue weighted by Crippen LogP contribution is -2.28. The van der Waals surface area contributed by atoms with E-state index in [-0.39, 0.29) is 5.71 Å². The fraction of sp³-hybridized carbons (Fsp3) is 0.208. The molecule has 0 aliphatic carbocycles. The molecule has 2 aromatic carbocycles. The Bertz CT molecular complexity index is 1210. The molecule has 4 nitrogen and oxygen atoms in total. The van der Waals surface area contributed by atoms with Crippen molar-refractivity contribution in [2.45, 2.75) is 31.9 Å². The molecule has 0 spiro atoms. The minimum absolute atomic E-state index is 0.0882. The predicted molar refractivity (Wildman–Crippen MR) is 126 cm³/mol. The molecule has 1 heterocycles. The van der Waals surface area contributed by atoms with Gasteiger partial charge in [-0.3, -0.25) is 9.79 Å². The summed E-state index contributed by atoms with van der Waals surface area (Å²) in [5, 5.41) is 17.1. The van der Waals surface area contributed by atoms with E-state index in [0.29, 0.717) is 21.2 Å². The summed E-state index contributed by atoms with van der Waals surface area (Å²) in [5.74, 6) is -0.943. The van der Waals surface area contributed by atoms with E-state index >= 15 is 0 Å². The number of hydrogen-bond donors (Lipinski definition) is 2. The van der Waals surface area contributed by atoms with Crippen LogP contribution in [0.25, 0.3) is 10.4 Å². The normalized spacial score (nSPS) is 12.6. The number of halogens is 4. The molecule has 0 atom stereocenters. The minimum Gasteiger partial charge on any atom is -0.481 e. The Balaban J connectivity index is 1.97. The number of rotatable bonds is 7. The van der Waals surface area contributed by atoms with Crippen LogP contribution in [-0.4, -0.2) is 28.7 Å². The number of thiophene rings is 1. The van der Waals surface area contributed by atoms with Crippen LogP contribution in [0, 0.1) is 5.41 Å². The number of nitrogens with zero attached hydrogens (tertiary/aromatic N) is 1. The van der Waals surface area contributed by atoms with Gasteiger partial charge in [-0.1, -0.05) is 48.0 Å². The number of para-hydroxylation sites is 1. The first-order valence-corrected chi connectivity index (χ1v) is 11.0. The second-order valence-corrected chi connectivity index (χ2v) is 9.33. The second kappa shape index (κ2) is 9.49. The van der Waals surface area contributed by atoms with Crippen molar-refractivity contribution in [3.8, 4) is 10.4 Å². The average molecular weight is 493 g/mol. The average Bonchev–Trinajstić information content (AvgIpc) is 3.24. The molecule has 0 saturated heterocycles. The zero-order valence-corrected chi connectivity index (χ0v) is 19.3. The molecule has 0 unspecified atom stereocenters. The molecular weight excluding hydrogens is 473 g/mol. The third-order valence-corrected chi connectivity index (χ3v) is 6.61. The molecule has 1 aromatic heterocycles. The summed E-state index contributed by atoms with van der Waals surface area (Å²) in [6.07, 6.45) is -5.45. The van der Waals surface area contributed by atoms with Gasteiger partial charge >= 0.3 is 12.1 Å². The van der Waals surface area contributed by atoms with Gasteiger partial charge in [0, 0.05) is 16.2 Å². The molecule has 0 aliphatic rings. The lowest BCUT2D eigenvalue weighted by molar-refractivity contribution is -0.142. The van der Waals surface area contributed by atoms with Gasteiger partial charge in [0.25, 0.3) is 0 Å². The van der Waals surface area contributed by atoms with Crippen LogP contribution in [0.15, 0.2) is 65.7 Å². The highest BCUT2D eigenvalue weighted by Gasteiger charge is 2.35. The van der Waals surface area contributed by atoms with Crippen molar-refractivity contribution in [2.75, 3.05) is 0 Å². The number of carboxylic acids is 1. The Morgan fingerprint density at radius 1 is 1.06 bits per heavy atom. The van der Waals surface area contributed by atoms with Gasteiger partial charge in [-0.15, -0.1) is 11.3 Å². The number of alkyl halides is 3. The van der Waals surface area contributed by atoms with E-state index in [2.05, 4.69) is 4.99 Å². The van der Waals surface area contributed by atoms with Gasteiger partial charge in [0.15, 0.2) is 0 Å². The Morgan fingerprint density at radius 2 is 1.70 bits per heavy atom. The van der Waals surface area contributed by atoms with E-state index in [1.807, 2.05) is 0 Å². The maximum absolute atomic E-state index is 13.1. The lowest BCUT2D eigenvalue weighted by atomic mass is 9.84. The summed E-state index contributed by atoms with van der Waals surface area (Å²) in [6.45, 7) is 3.22. The van der Waals surface area contributed by atoms with Crippen molar-refractivity contribution in [3.05, 3.63) is 76.1 Å². The molecule has 0 aliphatic heterocycles. The molecule has 0 amide bonds. The molecule has 3 aromatic rings. The zero-order valence-electron chi connectivity index (χ0n) is 17.7. The first-order valence-electron chi connectivity index (χ1n) is 9.81. The Morgan fingerprint density at radius 3 is 2.27 bits per heavy atom. The number of benzene rings is 2. The SMILES string of the molecule is CC(C)(C(=O)O)c1ccc(-c2ccc(C(CC(=N)C(F)(F)F)=Nc3ccccc3Cl)s2)cc1. The topological polar surface area (TPSA) is 73.5 Å². The largest absolute Gasteiger partial charge is 0.481 e. The molecule has 0 fully saturated rings. The van der Waals surface area contributed by atoms with Crippen molar-refractivity contribution in [3.63, 3.8) is 0 Å². The number of carboxylic acid groups (broad SMARTS) is 1. The number of aliphatic carboxylic acids is 1. The highest BCUT2D eigenvalue weighted by Crippen LogP contribution is 2.34. The molecule has 0 saturated carbocycles. The maximum atomic E-state index is 13.1. The van der Waals surface area contributed by atoms with Crippen LogP contribution in [0.1, 0.15) is 30.7 Å². The number of hydrogen-bond acceptors (Lipinski definition) is 4. The highest BCUT2D eigenvalue weighted by molar-refractivity contribution is 7.17. The van der Waals surface area contributed by atoms with Gasteiger partial charge < -0.3 is 10.5 Å². The van der Waals surface area contributed by atoms with Crippen LogP contribution in [0.5, 0.6) is 0 Å². The van der Waals surface area contributed by atoms with E-state index in [4.69, 9.17) is 17.0 Å². The third kappa shape index (κ3) is 5.69. The van der Waals surface area contributed by atoms with Crippen LogP contribution >= 0.6 is 22.9 Å². The molecule has 3 rings (SSSR count). The fourth-order valence-electron chi connectivity index (χ4n) is 2.96. The van der Waals surface area contributed by atoms with Crippen molar-refractivity contribution < 1.29 is 23.1 Å². The van der Waals surface area contributed by atoms with Gasteiger partial charge in [0.05, 0.1) is 21.8 Å². The first kappa shape index (κ1) is 24.7. The molecule has 172 valence electrons. The molecule has 9 heteroatoms. The maximum Gasteiger partial charge on any atom is 0.429 e. The standard InChI is InChI=1S/C24H20ClF3N2O2S/c1-23(2,22(31)32)15-9-7-14(8-10-15)19-11-12-20(33-19)18(13-21(29)24(26,27)28)30-17-6-4-3-5-16(17)25/h3-12,29H,13H2,1-2H3,(H,31,32). The van der Waals surface area contributed by atoms with E-state index in [9.17, 15) is 23.1 Å². The second-order valence-electron chi connectivity index (χ2n) is 7.83. The summed E-state index contributed by atoms with van der Waals surface area (Å²) in [5.41, 5.74) is -0.617. The quantitative estimate of drug-likeness (QED) is 0.334. The predicted octanol–water partition coefficient (Wildman–Crippen LogP) is 7.52. The van der Waals surface area contributed by atoms with Crippen LogP contribution in [-0.2, 0) is 10.2 Å². The van der Waals surface area contributed by atoms with Crippen molar-refractivity contribution in [1.82, 2.24) is 0 Å². The fourth-order valence-corrected chi connectivity index (χ4v) is 4.14. The van der Waals surface area contributed by atoms with Gasteiger partial charge in [0.2, 0.25) is 0 Å². The summed E-state index contributed by atoms with van der Waals surface area (Å²) >= 11 is 7.37. The number of aliphatic imine (C=N–C) groups is 1. The van der Waals surface area contributed by atoms with E-state index in [1.165, 1.54) is 11.3 Å². The lowest BCUT2D eigenvalue weighted by Gasteiger charge is -2.19. The summed E-state index contributed by atoms with van der Waals surface area (Å²) in [4.78, 5) is 17.1. The molecule has 0 bridgehead atoms. The van der Waals surface area contributed by atoms with E-state index < -0.39 is 29.7 Å². The van der Waals surface area contributed by atoms with Crippen LogP contribution in [0.3, 0.4) is 0 Å². The van der Waals surface area contributed by atoms with Crippen LogP contribution < -0.4 is 0 Å². The van der Waals surface area contributed by atoms with Gasteiger partial charge in [-0.2, -0.15) is 13.2 Å². The monoisotopic (exact) mass is 492 g/mol. The molecular formula is C24H20ClF3N2O2S. The van der Waals surface area contributed by atoms with Gasteiger partial charge in [0.1, 0.15) is 5.71 Å². The minimum atomic E-state index is -4.76. The van der Waals surface area contributed by atoms with Gasteiger partial charge in [-0.05, 0) is 49.2 Å². The van der Waals surface area contributed by atoms with Crippen molar-refractivity contribution >= 4 is 46.0 Å². The smallest absolute Gasteiger partial charge is 0.429 e. The number of carbonyl (C=O) groups is 1. The summed E-state index contributed by atoms with van der Waals surface area (Å²) < 4.78 is 39.2. The van der Waals surface area contributed by atoms with E-state index in [1.54, 1.807) is 74.5 Å². The van der Waals surface area contributed by atoms with Gasteiger partial charge in [-0.25, -0.2) is 0 Å². The molecule has 2 N–H and O–H groups in total. The Kier molecular flexibility index (Phi) is 7.09. The molecule has 0 radical (unpaired) electrons. The van der Waals surface area contributed by atoms with Crippen molar-refractivity contribution in [1.29, 1.82) is 5.41 Å². The summed E-state index contributed by atoms with van der Waals surface area (Å²) in [6, 6.07) is 17.0. The van der Waals surface area contributed by atoms with E-state index in [0.717, 1.165) is 10.4 Å². The molecule has 33 heavy (non-hydrogen) atoms. The zero-order chi connectivity index (χ0) is 24.4. The Hall–Kier alpha value is -2.97. The van der Waals surface area contributed by atoms with Crippen LogP contribution in [0.4, 0.5) is 18.9 Å². The Labute approximate surface area is 197 Å². The highest BCUT2D eigenvalue weighted by atomic mass is 35.5. The summed E-state index contributed by atoms with van der Waals surface area (Å²) in [7, 11) is 0.